The van der Waals surface area contributed by atoms with Crippen molar-refractivity contribution in [3.8, 4) is 5.69 Å². The number of rotatable bonds is 9. The predicted molar refractivity (Wildman–Crippen MR) is 115 cm³/mol. The largest absolute Gasteiger partial charge is 0.459 e. The molecule has 1 amide bonds. The van der Waals surface area contributed by atoms with E-state index in [-0.39, 0.29) is 24.9 Å². The van der Waals surface area contributed by atoms with Crippen LogP contribution < -0.4 is 5.32 Å². The first-order valence-electron chi connectivity index (χ1n) is 10.1. The van der Waals surface area contributed by atoms with Crippen molar-refractivity contribution in [3.05, 3.63) is 84.2 Å². The minimum Gasteiger partial charge on any atom is -0.459 e. The second-order valence-electron chi connectivity index (χ2n) is 7.64. The van der Waals surface area contributed by atoms with Gasteiger partial charge in [0.05, 0.1) is 12.1 Å². The summed E-state index contributed by atoms with van der Waals surface area (Å²) < 4.78 is 7.19. The van der Waals surface area contributed by atoms with Gasteiger partial charge in [0.1, 0.15) is 12.6 Å². The Kier molecular flexibility index (Phi) is 7.38. The summed E-state index contributed by atoms with van der Waals surface area (Å²) in [6.07, 6.45) is 4.30. The highest BCUT2D eigenvalue weighted by Gasteiger charge is 2.23. The van der Waals surface area contributed by atoms with Crippen LogP contribution in [0.2, 0.25) is 0 Å². The van der Waals surface area contributed by atoms with Crippen molar-refractivity contribution in [2.75, 3.05) is 0 Å². The smallest absolute Gasteiger partial charge is 0.328 e. The first-order chi connectivity index (χ1) is 14.5. The zero-order valence-electron chi connectivity index (χ0n) is 17.3. The van der Waals surface area contributed by atoms with E-state index in [1.165, 1.54) is 0 Å². The van der Waals surface area contributed by atoms with Gasteiger partial charge in [-0.15, -0.1) is 0 Å². The van der Waals surface area contributed by atoms with Crippen molar-refractivity contribution in [1.82, 2.24) is 15.1 Å². The topological polar surface area (TPSA) is 73.2 Å². The van der Waals surface area contributed by atoms with Crippen LogP contribution in [-0.4, -0.2) is 27.7 Å². The maximum Gasteiger partial charge on any atom is 0.328 e. The van der Waals surface area contributed by atoms with Crippen LogP contribution >= 0.6 is 0 Å². The molecule has 0 saturated carbocycles. The number of ether oxygens (including phenoxy) is 1. The minimum absolute atomic E-state index is 0.193. The average Bonchev–Trinajstić information content (AvgIpc) is 3.27. The van der Waals surface area contributed by atoms with Crippen molar-refractivity contribution in [1.29, 1.82) is 0 Å². The number of aromatic nitrogens is 2. The quantitative estimate of drug-likeness (QED) is 0.551. The second kappa shape index (κ2) is 10.4. The summed E-state index contributed by atoms with van der Waals surface area (Å²) in [5.41, 5.74) is 2.70. The summed E-state index contributed by atoms with van der Waals surface area (Å²) in [7, 11) is 0. The molecule has 6 nitrogen and oxygen atoms in total. The fraction of sp³-hybridized carbons (Fsp3) is 0.292. The Balaban J connectivity index is 1.57. The molecular weight excluding hydrogens is 378 g/mol. The van der Waals surface area contributed by atoms with Crippen molar-refractivity contribution < 1.29 is 14.3 Å². The van der Waals surface area contributed by atoms with E-state index in [1.54, 1.807) is 10.9 Å². The molecular formula is C24H27N3O3. The van der Waals surface area contributed by atoms with E-state index in [4.69, 9.17) is 4.74 Å². The van der Waals surface area contributed by atoms with Gasteiger partial charge in [0, 0.05) is 12.4 Å². The van der Waals surface area contributed by atoms with Gasteiger partial charge >= 0.3 is 5.97 Å². The van der Waals surface area contributed by atoms with Gasteiger partial charge in [-0.25, -0.2) is 9.48 Å². The number of amides is 1. The van der Waals surface area contributed by atoms with Crippen LogP contribution in [0.15, 0.2) is 73.1 Å². The van der Waals surface area contributed by atoms with Crippen LogP contribution in [0.3, 0.4) is 0 Å². The number of benzene rings is 2. The summed E-state index contributed by atoms with van der Waals surface area (Å²) in [6, 6.07) is 18.3. The highest BCUT2D eigenvalue weighted by molar-refractivity contribution is 5.85. The van der Waals surface area contributed by atoms with E-state index in [0.29, 0.717) is 6.42 Å². The summed E-state index contributed by atoms with van der Waals surface area (Å²) in [5.74, 6) is -0.369. The number of hydrogen-bond donors (Lipinski definition) is 1. The van der Waals surface area contributed by atoms with Crippen molar-refractivity contribution in [3.63, 3.8) is 0 Å². The molecule has 6 heteroatoms. The molecule has 1 N–H and O–H groups in total. The lowest BCUT2D eigenvalue weighted by Gasteiger charge is -2.19. The van der Waals surface area contributed by atoms with E-state index in [9.17, 15) is 9.59 Å². The first kappa shape index (κ1) is 21.3. The van der Waals surface area contributed by atoms with Crippen molar-refractivity contribution >= 4 is 11.9 Å². The Morgan fingerprint density at radius 1 is 1.00 bits per heavy atom. The van der Waals surface area contributed by atoms with Gasteiger partial charge in [-0.3, -0.25) is 4.79 Å². The molecule has 2 aromatic carbocycles. The van der Waals surface area contributed by atoms with Gasteiger partial charge in [0.15, 0.2) is 0 Å². The van der Waals surface area contributed by atoms with E-state index in [0.717, 1.165) is 16.8 Å². The number of hydrogen-bond acceptors (Lipinski definition) is 4. The third-order valence-corrected chi connectivity index (χ3v) is 4.62. The molecule has 0 radical (unpaired) electrons. The highest BCUT2D eigenvalue weighted by atomic mass is 16.5. The lowest BCUT2D eigenvalue weighted by molar-refractivity contribution is -0.149. The molecule has 30 heavy (non-hydrogen) atoms. The van der Waals surface area contributed by atoms with Crippen LogP contribution in [0, 0.1) is 5.92 Å². The maximum atomic E-state index is 12.6. The summed E-state index contributed by atoms with van der Waals surface area (Å²) in [5, 5.41) is 7.03. The lowest BCUT2D eigenvalue weighted by atomic mass is 10.0. The number of carbonyl (C=O) groups is 2. The Morgan fingerprint density at radius 2 is 1.73 bits per heavy atom. The minimum atomic E-state index is -0.662. The fourth-order valence-corrected chi connectivity index (χ4v) is 3.13. The molecule has 0 aliphatic heterocycles. The van der Waals surface area contributed by atoms with Crippen LogP contribution in [0.5, 0.6) is 0 Å². The standard InChI is InChI=1S/C24H27N3O3/c1-18(2)15-22(24(29)30-17-20-7-4-3-5-8-20)26-23(28)16-19-9-11-21(12-10-19)27-14-6-13-25-27/h3-14,18,22H,15-17H2,1-2H3,(H,26,28)/t22-/m0/s1. The Bertz CT molecular complexity index is 936. The molecule has 0 fully saturated rings. The maximum absolute atomic E-state index is 12.6. The molecule has 0 aliphatic carbocycles. The monoisotopic (exact) mass is 405 g/mol. The van der Waals surface area contributed by atoms with Gasteiger partial charge < -0.3 is 10.1 Å². The molecule has 0 unspecified atom stereocenters. The van der Waals surface area contributed by atoms with Crippen LogP contribution in [0.4, 0.5) is 0 Å². The molecule has 1 atom stereocenters. The van der Waals surface area contributed by atoms with Crippen LogP contribution in [0.25, 0.3) is 5.69 Å². The van der Waals surface area contributed by atoms with E-state index in [1.807, 2.05) is 80.7 Å². The Hall–Kier alpha value is -3.41. The van der Waals surface area contributed by atoms with Gasteiger partial charge in [-0.1, -0.05) is 56.3 Å². The van der Waals surface area contributed by atoms with E-state index < -0.39 is 12.0 Å². The lowest BCUT2D eigenvalue weighted by Crippen LogP contribution is -2.43. The predicted octanol–water partition coefficient (Wildman–Crippen LogP) is 3.69. The molecule has 1 aromatic heterocycles. The molecule has 1 heterocycles. The number of nitrogens with zero attached hydrogens (tertiary/aromatic N) is 2. The van der Waals surface area contributed by atoms with Crippen LogP contribution in [-0.2, 0) is 27.4 Å². The Morgan fingerprint density at radius 3 is 2.37 bits per heavy atom. The molecule has 0 bridgehead atoms. The number of esters is 1. The zero-order chi connectivity index (χ0) is 21.3. The summed E-state index contributed by atoms with van der Waals surface area (Å²) >= 11 is 0. The van der Waals surface area contributed by atoms with Gasteiger partial charge in [-0.2, -0.15) is 5.10 Å². The zero-order valence-corrected chi connectivity index (χ0v) is 17.3. The molecule has 0 aliphatic rings. The molecule has 0 spiro atoms. The van der Waals surface area contributed by atoms with Gasteiger partial charge in [0.2, 0.25) is 5.91 Å². The van der Waals surface area contributed by atoms with Gasteiger partial charge in [-0.05, 0) is 41.7 Å². The molecule has 156 valence electrons. The number of carbonyl (C=O) groups excluding carboxylic acids is 2. The molecule has 3 aromatic rings. The fourth-order valence-electron chi connectivity index (χ4n) is 3.13. The normalized spacial score (nSPS) is 11.8. The van der Waals surface area contributed by atoms with Crippen LogP contribution in [0.1, 0.15) is 31.4 Å². The highest BCUT2D eigenvalue weighted by Crippen LogP contribution is 2.11. The van der Waals surface area contributed by atoms with Crippen molar-refractivity contribution in [2.45, 2.75) is 39.3 Å². The Labute approximate surface area is 176 Å². The average molecular weight is 405 g/mol. The third-order valence-electron chi connectivity index (χ3n) is 4.62. The first-order valence-corrected chi connectivity index (χ1v) is 10.1. The molecule has 0 saturated heterocycles. The summed E-state index contributed by atoms with van der Waals surface area (Å²) in [6.45, 7) is 4.22. The van der Waals surface area contributed by atoms with Crippen molar-refractivity contribution in [2.24, 2.45) is 5.92 Å². The van der Waals surface area contributed by atoms with E-state index >= 15 is 0 Å². The molecule has 3 rings (SSSR count). The van der Waals surface area contributed by atoms with Gasteiger partial charge in [0.25, 0.3) is 0 Å². The summed E-state index contributed by atoms with van der Waals surface area (Å²) in [4.78, 5) is 25.1. The van der Waals surface area contributed by atoms with E-state index in [2.05, 4.69) is 10.4 Å². The third kappa shape index (κ3) is 6.30. The second-order valence-corrected chi connectivity index (χ2v) is 7.64. The SMILES string of the molecule is CC(C)C[C@H](NC(=O)Cc1ccc(-n2cccn2)cc1)C(=O)OCc1ccccc1. The number of nitrogens with one attached hydrogen (secondary N) is 1.